The molecule has 0 aliphatic heterocycles. The Morgan fingerprint density at radius 1 is 0.941 bits per heavy atom. The Bertz CT molecular complexity index is 303. The van der Waals surface area contributed by atoms with E-state index >= 15 is 0 Å². The van der Waals surface area contributed by atoms with E-state index in [1.165, 1.54) is 0 Å². The van der Waals surface area contributed by atoms with E-state index in [0.29, 0.717) is 25.7 Å². The molecule has 0 saturated heterocycles. The molecule has 0 atom stereocenters. The van der Waals surface area contributed by atoms with Gasteiger partial charge in [-0.25, -0.2) is 0 Å². The molecule has 2 rings (SSSR count). The maximum Gasteiger partial charge on any atom is 0.174 e. The standard InChI is InChI=1S/C11H18N2O4/c1-16-11(17-2)7-3-9(12-14)5-8(11)6-10(4-7)13-15/h7-8,14-15H,3-6H2,1-2H3. The highest BCUT2D eigenvalue weighted by Gasteiger charge is 2.54. The third kappa shape index (κ3) is 1.81. The minimum absolute atomic E-state index is 0.0294. The normalized spacial score (nSPS) is 31.2. The van der Waals surface area contributed by atoms with Crippen LogP contribution in [0.25, 0.3) is 0 Å². The molecule has 0 aromatic heterocycles. The molecule has 2 N–H and O–H groups in total. The lowest BCUT2D eigenvalue weighted by Gasteiger charge is -2.50. The summed E-state index contributed by atoms with van der Waals surface area (Å²) in [4.78, 5) is 0. The SMILES string of the molecule is COC1(OC)C2CC(=NO)CC1CC(=NO)C2. The van der Waals surface area contributed by atoms with Gasteiger partial charge in [-0.2, -0.15) is 0 Å². The Balaban J connectivity index is 2.33. The van der Waals surface area contributed by atoms with Crippen molar-refractivity contribution in [3.63, 3.8) is 0 Å². The predicted octanol–water partition coefficient (Wildman–Crippen LogP) is 1.46. The first kappa shape index (κ1) is 12.3. The van der Waals surface area contributed by atoms with Crippen molar-refractivity contribution in [1.82, 2.24) is 0 Å². The molecule has 0 unspecified atom stereocenters. The number of oxime groups is 2. The van der Waals surface area contributed by atoms with Crippen LogP contribution in [-0.4, -0.2) is 41.8 Å². The molecule has 2 bridgehead atoms. The summed E-state index contributed by atoms with van der Waals surface area (Å²) in [6.45, 7) is 0. The fourth-order valence-electron chi connectivity index (χ4n) is 3.26. The van der Waals surface area contributed by atoms with E-state index in [0.717, 1.165) is 11.4 Å². The molecule has 0 radical (unpaired) electrons. The molecule has 0 spiro atoms. The smallest absolute Gasteiger partial charge is 0.174 e. The highest BCUT2D eigenvalue weighted by Crippen LogP contribution is 2.47. The number of nitrogens with zero attached hydrogens (tertiary/aromatic N) is 2. The van der Waals surface area contributed by atoms with Crippen molar-refractivity contribution in [1.29, 1.82) is 0 Å². The van der Waals surface area contributed by atoms with Crippen LogP contribution in [0.2, 0.25) is 0 Å². The van der Waals surface area contributed by atoms with E-state index in [1.54, 1.807) is 14.2 Å². The minimum Gasteiger partial charge on any atom is -0.411 e. The van der Waals surface area contributed by atoms with E-state index in [9.17, 15) is 0 Å². The van der Waals surface area contributed by atoms with Gasteiger partial charge in [0.2, 0.25) is 0 Å². The van der Waals surface area contributed by atoms with Gasteiger partial charge in [0.25, 0.3) is 0 Å². The van der Waals surface area contributed by atoms with E-state index in [-0.39, 0.29) is 11.8 Å². The van der Waals surface area contributed by atoms with Crippen molar-refractivity contribution < 1.29 is 19.9 Å². The molecule has 6 heteroatoms. The maximum atomic E-state index is 8.91. The van der Waals surface area contributed by atoms with Crippen LogP contribution in [-0.2, 0) is 9.47 Å². The number of ether oxygens (including phenoxy) is 2. The highest BCUT2D eigenvalue weighted by molar-refractivity contribution is 5.91. The van der Waals surface area contributed by atoms with Gasteiger partial charge in [0.05, 0.1) is 11.4 Å². The Morgan fingerprint density at radius 3 is 1.53 bits per heavy atom. The van der Waals surface area contributed by atoms with E-state index in [2.05, 4.69) is 10.3 Å². The summed E-state index contributed by atoms with van der Waals surface area (Å²) in [5.74, 6) is -0.592. The fourth-order valence-corrected chi connectivity index (χ4v) is 3.26. The number of rotatable bonds is 2. The number of fused-ring (bicyclic) bond motifs is 2. The van der Waals surface area contributed by atoms with Crippen molar-refractivity contribution >= 4 is 11.4 Å². The van der Waals surface area contributed by atoms with Crippen LogP contribution in [0, 0.1) is 11.8 Å². The quantitative estimate of drug-likeness (QED) is 0.436. The summed E-state index contributed by atoms with van der Waals surface area (Å²) in [7, 11) is 3.26. The van der Waals surface area contributed by atoms with Crippen molar-refractivity contribution in [2.45, 2.75) is 31.5 Å². The van der Waals surface area contributed by atoms with Gasteiger partial charge in [0.1, 0.15) is 0 Å². The first-order chi connectivity index (χ1) is 8.20. The second-order valence-electron chi connectivity index (χ2n) is 4.67. The van der Waals surface area contributed by atoms with Crippen LogP contribution in [0.1, 0.15) is 25.7 Å². The van der Waals surface area contributed by atoms with Crippen LogP contribution >= 0.6 is 0 Å². The van der Waals surface area contributed by atoms with E-state index in [4.69, 9.17) is 19.9 Å². The van der Waals surface area contributed by atoms with Crippen molar-refractivity contribution in [2.75, 3.05) is 14.2 Å². The van der Waals surface area contributed by atoms with Gasteiger partial charge in [0.15, 0.2) is 5.79 Å². The average molecular weight is 242 g/mol. The zero-order valence-electron chi connectivity index (χ0n) is 10.1. The summed E-state index contributed by atoms with van der Waals surface area (Å²) in [5.41, 5.74) is 1.53. The van der Waals surface area contributed by atoms with Gasteiger partial charge >= 0.3 is 0 Å². The Hall–Kier alpha value is -1.14. The van der Waals surface area contributed by atoms with Crippen LogP contribution in [0.4, 0.5) is 0 Å². The molecule has 0 aromatic carbocycles. The van der Waals surface area contributed by atoms with E-state index < -0.39 is 5.79 Å². The number of hydrogen-bond donors (Lipinski definition) is 2. The van der Waals surface area contributed by atoms with Gasteiger partial charge in [-0.1, -0.05) is 10.3 Å². The minimum atomic E-state index is -0.650. The first-order valence-electron chi connectivity index (χ1n) is 5.70. The van der Waals surface area contributed by atoms with Crippen LogP contribution in [0.15, 0.2) is 10.3 Å². The average Bonchev–Trinajstić information content (AvgIpc) is 2.36. The van der Waals surface area contributed by atoms with Gasteiger partial charge < -0.3 is 19.9 Å². The molecule has 0 amide bonds. The fraction of sp³-hybridized carbons (Fsp3) is 0.818. The highest BCUT2D eigenvalue weighted by atomic mass is 16.7. The van der Waals surface area contributed by atoms with Crippen LogP contribution in [0.3, 0.4) is 0 Å². The molecule has 2 saturated carbocycles. The van der Waals surface area contributed by atoms with Crippen LogP contribution < -0.4 is 0 Å². The summed E-state index contributed by atoms with van der Waals surface area (Å²) >= 11 is 0. The monoisotopic (exact) mass is 242 g/mol. The number of methoxy groups -OCH3 is 2. The molecule has 2 fully saturated rings. The van der Waals surface area contributed by atoms with Gasteiger partial charge in [-0.3, -0.25) is 0 Å². The molecule has 0 aromatic rings. The van der Waals surface area contributed by atoms with Gasteiger partial charge in [-0.05, 0) is 25.7 Å². The van der Waals surface area contributed by atoms with Gasteiger partial charge in [-0.15, -0.1) is 0 Å². The Morgan fingerprint density at radius 2 is 1.29 bits per heavy atom. The Kier molecular flexibility index (Phi) is 3.35. The predicted molar refractivity (Wildman–Crippen MR) is 60.6 cm³/mol. The van der Waals surface area contributed by atoms with Crippen molar-refractivity contribution in [3.05, 3.63) is 0 Å². The second-order valence-corrected chi connectivity index (χ2v) is 4.67. The third-order valence-corrected chi connectivity index (χ3v) is 3.99. The van der Waals surface area contributed by atoms with Crippen molar-refractivity contribution in [2.24, 2.45) is 22.1 Å². The second kappa shape index (κ2) is 4.62. The summed E-state index contributed by atoms with van der Waals surface area (Å²) in [6, 6.07) is 0. The summed E-state index contributed by atoms with van der Waals surface area (Å²) in [6.07, 6.45) is 2.42. The van der Waals surface area contributed by atoms with Gasteiger partial charge in [0, 0.05) is 26.1 Å². The molecular weight excluding hydrogens is 224 g/mol. The molecule has 2 aliphatic carbocycles. The zero-order valence-corrected chi connectivity index (χ0v) is 10.1. The molecule has 17 heavy (non-hydrogen) atoms. The molecule has 96 valence electrons. The summed E-state index contributed by atoms with van der Waals surface area (Å²) in [5, 5.41) is 24.5. The van der Waals surface area contributed by atoms with Crippen LogP contribution in [0.5, 0.6) is 0 Å². The molecule has 6 nitrogen and oxygen atoms in total. The van der Waals surface area contributed by atoms with Crippen molar-refractivity contribution in [3.8, 4) is 0 Å². The topological polar surface area (TPSA) is 83.6 Å². The lowest BCUT2D eigenvalue weighted by atomic mass is 9.66. The Labute approximate surface area is 99.9 Å². The number of hydrogen-bond acceptors (Lipinski definition) is 6. The maximum absolute atomic E-state index is 8.91. The summed E-state index contributed by atoms with van der Waals surface area (Å²) < 4.78 is 11.2. The molecule has 0 heterocycles. The molecule has 2 aliphatic rings. The molecular formula is C11H18N2O4. The lowest BCUT2D eigenvalue weighted by molar-refractivity contribution is -0.276. The largest absolute Gasteiger partial charge is 0.411 e. The zero-order chi connectivity index (χ0) is 12.5. The first-order valence-corrected chi connectivity index (χ1v) is 5.70. The third-order valence-electron chi connectivity index (χ3n) is 3.99. The van der Waals surface area contributed by atoms with E-state index in [1.807, 2.05) is 0 Å². The lowest BCUT2D eigenvalue weighted by Crippen LogP contribution is -2.57.